The van der Waals surface area contributed by atoms with Gasteiger partial charge in [-0.15, -0.1) is 11.3 Å². The highest BCUT2D eigenvalue weighted by atomic mass is 32.1. The van der Waals surface area contributed by atoms with Crippen LogP contribution in [0.5, 0.6) is 5.75 Å². The number of hydrogen-bond donors (Lipinski definition) is 2. The van der Waals surface area contributed by atoms with E-state index in [4.69, 9.17) is 17.0 Å². The average molecular weight is 414 g/mol. The third-order valence-electron chi connectivity index (χ3n) is 3.45. The van der Waals surface area contributed by atoms with Gasteiger partial charge in [-0.1, -0.05) is 13.8 Å². The van der Waals surface area contributed by atoms with E-state index in [9.17, 15) is 13.6 Å². The Labute approximate surface area is 165 Å². The van der Waals surface area contributed by atoms with Gasteiger partial charge in [0.05, 0.1) is 12.7 Å². The molecule has 0 aliphatic rings. The molecule has 0 atom stereocenters. The van der Waals surface area contributed by atoms with Gasteiger partial charge in [0.2, 0.25) is 0 Å². The number of rotatable bonds is 7. The number of carbonyl (C=O) groups is 1. The number of thiocarbonyl (C=S) groups is 1. The molecule has 0 radical (unpaired) electrons. The van der Waals surface area contributed by atoms with E-state index in [1.807, 2.05) is 5.38 Å². The summed E-state index contributed by atoms with van der Waals surface area (Å²) in [5.41, 5.74) is 1.97. The van der Waals surface area contributed by atoms with Crippen molar-refractivity contribution in [1.29, 1.82) is 0 Å². The summed E-state index contributed by atoms with van der Waals surface area (Å²) in [5, 5.41) is 8.70. The highest BCUT2D eigenvalue weighted by Crippen LogP contribution is 2.31. The van der Waals surface area contributed by atoms with Crippen molar-refractivity contribution in [3.05, 3.63) is 40.8 Å². The maximum Gasteiger partial charge on any atom is 0.387 e. The normalized spacial score (nSPS) is 10.8. The van der Waals surface area contributed by atoms with Crippen LogP contribution in [0.3, 0.4) is 0 Å². The van der Waals surface area contributed by atoms with Crippen LogP contribution in [0.2, 0.25) is 0 Å². The SMILES string of the molecule is COC(=O)c1c(CC(C)C)csc1NC(=S)Nc1ccc(OC(F)F)cc1. The minimum Gasteiger partial charge on any atom is -0.465 e. The molecule has 0 bridgehead atoms. The number of benzene rings is 1. The summed E-state index contributed by atoms with van der Waals surface area (Å²) in [7, 11) is 1.34. The van der Waals surface area contributed by atoms with Crippen molar-refractivity contribution in [3.63, 3.8) is 0 Å². The first-order valence-corrected chi connectivity index (χ1v) is 9.40. The lowest BCUT2D eigenvalue weighted by atomic mass is 10.0. The number of thiophene rings is 1. The Hall–Kier alpha value is -2.26. The summed E-state index contributed by atoms with van der Waals surface area (Å²) in [6, 6.07) is 5.93. The Morgan fingerprint density at radius 1 is 1.22 bits per heavy atom. The molecule has 2 rings (SSSR count). The van der Waals surface area contributed by atoms with E-state index >= 15 is 0 Å². The fourth-order valence-electron chi connectivity index (χ4n) is 2.39. The number of methoxy groups -OCH3 is 1. The molecule has 0 fully saturated rings. The van der Waals surface area contributed by atoms with Crippen molar-refractivity contribution in [2.75, 3.05) is 17.7 Å². The number of nitrogens with one attached hydrogen (secondary N) is 2. The van der Waals surface area contributed by atoms with Gasteiger partial charge < -0.3 is 20.1 Å². The third kappa shape index (κ3) is 6.14. The molecule has 9 heteroatoms. The molecule has 0 aliphatic heterocycles. The maximum atomic E-state index is 12.2. The first kappa shape index (κ1) is 21.0. The highest BCUT2D eigenvalue weighted by molar-refractivity contribution is 7.80. The van der Waals surface area contributed by atoms with E-state index in [1.165, 1.54) is 30.6 Å². The first-order chi connectivity index (χ1) is 12.8. The number of esters is 1. The molecule has 2 aromatic rings. The molecule has 0 saturated heterocycles. The van der Waals surface area contributed by atoms with Gasteiger partial charge in [0.1, 0.15) is 10.8 Å². The van der Waals surface area contributed by atoms with E-state index in [0.717, 1.165) is 12.0 Å². The van der Waals surface area contributed by atoms with Crippen molar-refractivity contribution >= 4 is 45.3 Å². The predicted octanol–water partition coefficient (Wildman–Crippen LogP) is 5.14. The Morgan fingerprint density at radius 2 is 1.89 bits per heavy atom. The molecule has 2 N–H and O–H groups in total. The summed E-state index contributed by atoms with van der Waals surface area (Å²) < 4.78 is 33.6. The van der Waals surface area contributed by atoms with Crippen molar-refractivity contribution in [3.8, 4) is 5.75 Å². The standard InChI is InChI=1S/C18H20F2N2O3S2/c1-10(2)8-11-9-27-15(14(11)16(23)24-3)22-18(26)21-12-4-6-13(7-5-12)25-17(19)20/h4-7,9-10,17H,8H2,1-3H3,(H2,21,22,26). The highest BCUT2D eigenvalue weighted by Gasteiger charge is 2.21. The number of hydrogen-bond acceptors (Lipinski definition) is 5. The van der Waals surface area contributed by atoms with Gasteiger partial charge in [-0.3, -0.25) is 0 Å². The van der Waals surface area contributed by atoms with Gasteiger partial charge in [0.15, 0.2) is 5.11 Å². The van der Waals surface area contributed by atoms with Crippen molar-refractivity contribution < 1.29 is 23.0 Å². The Bertz CT molecular complexity index is 792. The summed E-state index contributed by atoms with van der Waals surface area (Å²) in [5.74, 6) is 0.0135. The molecule has 1 aromatic heterocycles. The number of carbonyl (C=O) groups excluding carboxylic acids is 1. The third-order valence-corrected chi connectivity index (χ3v) is 4.60. The molecule has 5 nitrogen and oxygen atoms in total. The topological polar surface area (TPSA) is 59.6 Å². The molecule has 146 valence electrons. The van der Waals surface area contributed by atoms with E-state index in [2.05, 4.69) is 29.2 Å². The van der Waals surface area contributed by atoms with Gasteiger partial charge in [0.25, 0.3) is 0 Å². The van der Waals surface area contributed by atoms with Crippen LogP contribution in [-0.4, -0.2) is 24.8 Å². The Morgan fingerprint density at radius 3 is 2.44 bits per heavy atom. The lowest BCUT2D eigenvalue weighted by molar-refractivity contribution is -0.0498. The molecular formula is C18H20F2N2O3S2. The molecule has 0 unspecified atom stereocenters. The summed E-state index contributed by atoms with van der Waals surface area (Å²) in [6.45, 7) is 1.26. The number of halogens is 2. The molecule has 0 aliphatic carbocycles. The predicted molar refractivity (Wildman–Crippen MR) is 107 cm³/mol. The van der Waals surface area contributed by atoms with Crippen molar-refractivity contribution in [1.82, 2.24) is 0 Å². The van der Waals surface area contributed by atoms with E-state index in [-0.39, 0.29) is 10.9 Å². The van der Waals surface area contributed by atoms with E-state index in [1.54, 1.807) is 12.1 Å². The van der Waals surface area contributed by atoms with Crippen LogP contribution >= 0.6 is 23.6 Å². The lowest BCUT2D eigenvalue weighted by Crippen LogP contribution is -2.20. The zero-order chi connectivity index (χ0) is 20.0. The van der Waals surface area contributed by atoms with Crippen LogP contribution < -0.4 is 15.4 Å². The average Bonchev–Trinajstić information content (AvgIpc) is 2.96. The van der Waals surface area contributed by atoms with Crippen LogP contribution in [-0.2, 0) is 11.2 Å². The van der Waals surface area contributed by atoms with Gasteiger partial charge in [-0.25, -0.2) is 4.79 Å². The Kier molecular flexibility index (Phi) is 7.49. The Balaban J connectivity index is 2.09. The second kappa shape index (κ2) is 9.61. The lowest BCUT2D eigenvalue weighted by Gasteiger charge is -2.12. The van der Waals surface area contributed by atoms with Crippen LogP contribution in [0, 0.1) is 5.92 Å². The maximum absolute atomic E-state index is 12.2. The summed E-state index contributed by atoms with van der Waals surface area (Å²) in [6.07, 6.45) is 0.744. The fraction of sp³-hybridized carbons (Fsp3) is 0.333. The number of alkyl halides is 2. The van der Waals surface area contributed by atoms with Crippen LogP contribution in [0.15, 0.2) is 29.6 Å². The van der Waals surface area contributed by atoms with Crippen LogP contribution in [0.1, 0.15) is 29.8 Å². The molecule has 0 amide bonds. The minimum atomic E-state index is -2.87. The second-order valence-electron chi connectivity index (χ2n) is 6.04. The molecule has 0 saturated carbocycles. The molecule has 1 heterocycles. The van der Waals surface area contributed by atoms with Gasteiger partial charge in [-0.05, 0) is 59.8 Å². The quantitative estimate of drug-likeness (QED) is 0.483. The second-order valence-corrected chi connectivity index (χ2v) is 7.32. The van der Waals surface area contributed by atoms with Crippen LogP contribution in [0.25, 0.3) is 0 Å². The molecule has 1 aromatic carbocycles. The van der Waals surface area contributed by atoms with Crippen LogP contribution in [0.4, 0.5) is 19.5 Å². The largest absolute Gasteiger partial charge is 0.465 e. The van der Waals surface area contributed by atoms with Crippen molar-refractivity contribution in [2.24, 2.45) is 5.92 Å². The smallest absolute Gasteiger partial charge is 0.387 e. The molecule has 0 spiro atoms. The van der Waals surface area contributed by atoms with E-state index < -0.39 is 12.6 Å². The molecule has 27 heavy (non-hydrogen) atoms. The number of ether oxygens (including phenoxy) is 2. The monoisotopic (exact) mass is 414 g/mol. The van der Waals surface area contributed by atoms with Crippen molar-refractivity contribution in [2.45, 2.75) is 26.9 Å². The summed E-state index contributed by atoms with van der Waals surface area (Å²) >= 11 is 6.65. The zero-order valence-electron chi connectivity index (χ0n) is 15.0. The van der Waals surface area contributed by atoms with E-state index in [0.29, 0.717) is 22.2 Å². The van der Waals surface area contributed by atoms with Gasteiger partial charge in [-0.2, -0.15) is 8.78 Å². The van der Waals surface area contributed by atoms with Gasteiger partial charge in [0, 0.05) is 5.69 Å². The van der Waals surface area contributed by atoms with Gasteiger partial charge >= 0.3 is 12.6 Å². The zero-order valence-corrected chi connectivity index (χ0v) is 16.7. The summed E-state index contributed by atoms with van der Waals surface area (Å²) in [4.78, 5) is 12.2. The number of anilines is 2. The first-order valence-electron chi connectivity index (χ1n) is 8.11. The fourth-order valence-corrected chi connectivity index (χ4v) is 3.64. The molecular weight excluding hydrogens is 394 g/mol. The minimum absolute atomic E-state index is 0.0546.